The summed E-state index contributed by atoms with van der Waals surface area (Å²) in [4.78, 5) is 27.5. The number of aromatic nitrogens is 1. The number of aliphatic hydroxyl groups excluding tert-OH is 1. The summed E-state index contributed by atoms with van der Waals surface area (Å²) in [5, 5.41) is 16.6. The zero-order chi connectivity index (χ0) is 19.7. The van der Waals surface area contributed by atoms with E-state index < -0.39 is 12.1 Å². The number of benzene rings is 2. The number of carbonyl (C=O) groups is 2. The van der Waals surface area contributed by atoms with Gasteiger partial charge in [-0.15, -0.1) is 0 Å². The fourth-order valence-corrected chi connectivity index (χ4v) is 3.76. The number of β-amino-alcohol motifs (C(OH)–C–C–N with tert-alkyl or cyclic N) is 1. The van der Waals surface area contributed by atoms with Gasteiger partial charge in [-0.2, -0.15) is 0 Å². The van der Waals surface area contributed by atoms with E-state index in [2.05, 4.69) is 15.6 Å². The normalized spacial score (nSPS) is 19.0. The molecule has 1 saturated heterocycles. The molecule has 1 aromatic heterocycles. The Morgan fingerprint density at radius 3 is 2.71 bits per heavy atom. The second-order valence-corrected chi connectivity index (χ2v) is 7.33. The minimum Gasteiger partial charge on any atom is -0.389 e. The predicted molar refractivity (Wildman–Crippen MR) is 108 cm³/mol. The number of hydrogen-bond acceptors (Lipinski definition) is 3. The summed E-state index contributed by atoms with van der Waals surface area (Å²) < 4.78 is 0. The molecule has 2 heterocycles. The van der Waals surface area contributed by atoms with Crippen LogP contribution < -0.4 is 10.6 Å². The number of rotatable bonds is 5. The lowest BCUT2D eigenvalue weighted by atomic mass is 10.0. The molecule has 1 aliphatic rings. The fourth-order valence-electron chi connectivity index (χ4n) is 3.58. The third-order valence-electron chi connectivity index (χ3n) is 5.00. The minimum absolute atomic E-state index is 0.156. The maximum Gasteiger partial charge on any atom is 0.245 e. The van der Waals surface area contributed by atoms with Crippen molar-refractivity contribution in [2.75, 3.05) is 6.54 Å². The number of H-pyrrole nitrogens is 1. The maximum absolute atomic E-state index is 12.4. The van der Waals surface area contributed by atoms with Gasteiger partial charge >= 0.3 is 0 Å². The van der Waals surface area contributed by atoms with Crippen molar-refractivity contribution in [1.29, 1.82) is 0 Å². The molecule has 0 aliphatic carbocycles. The third kappa shape index (κ3) is 3.61. The van der Waals surface area contributed by atoms with Crippen molar-refractivity contribution in [2.24, 2.45) is 0 Å². The first kappa shape index (κ1) is 18.5. The summed E-state index contributed by atoms with van der Waals surface area (Å²) in [7, 11) is 0. The maximum atomic E-state index is 12.4. The highest BCUT2D eigenvalue weighted by Gasteiger charge is 2.34. The molecular weight excluding hydrogens is 378 g/mol. The quantitative estimate of drug-likeness (QED) is 0.532. The highest BCUT2D eigenvalue weighted by atomic mass is 35.5. The summed E-state index contributed by atoms with van der Waals surface area (Å²) in [6.07, 6.45) is -0.236. The molecule has 0 spiro atoms. The number of fused-ring (bicyclic) bond motifs is 1. The van der Waals surface area contributed by atoms with Crippen molar-refractivity contribution in [3.63, 3.8) is 0 Å². The molecule has 0 bridgehead atoms. The monoisotopic (exact) mass is 397 g/mol. The lowest BCUT2D eigenvalue weighted by molar-refractivity contribution is -0.128. The number of aryl methyl sites for hydroxylation is 1. The molecule has 2 amide bonds. The van der Waals surface area contributed by atoms with Crippen LogP contribution in [0.1, 0.15) is 12.0 Å². The van der Waals surface area contributed by atoms with E-state index >= 15 is 0 Å². The first-order valence-corrected chi connectivity index (χ1v) is 9.51. The van der Waals surface area contributed by atoms with Crippen molar-refractivity contribution in [3.05, 3.63) is 59.1 Å². The summed E-state index contributed by atoms with van der Waals surface area (Å²) >= 11 is 6.19. The van der Waals surface area contributed by atoms with Gasteiger partial charge in [0, 0.05) is 34.6 Å². The molecule has 1 aliphatic heterocycles. The average molecular weight is 398 g/mol. The van der Waals surface area contributed by atoms with E-state index in [0.717, 1.165) is 27.7 Å². The molecular formula is C21H20ClN3O3. The Morgan fingerprint density at radius 2 is 2.00 bits per heavy atom. The Kier molecular flexibility index (Phi) is 5.07. The van der Waals surface area contributed by atoms with Crippen molar-refractivity contribution < 1.29 is 14.7 Å². The van der Waals surface area contributed by atoms with E-state index in [-0.39, 0.29) is 24.8 Å². The van der Waals surface area contributed by atoms with Gasteiger partial charge in [-0.25, -0.2) is 0 Å². The van der Waals surface area contributed by atoms with Crippen LogP contribution in [0, 0.1) is 0 Å². The molecule has 0 saturated carbocycles. The first-order valence-electron chi connectivity index (χ1n) is 9.13. The number of hydrogen-bond donors (Lipinski definition) is 4. The molecule has 4 rings (SSSR count). The van der Waals surface area contributed by atoms with E-state index in [0.29, 0.717) is 11.4 Å². The van der Waals surface area contributed by atoms with E-state index in [1.807, 2.05) is 48.5 Å². The van der Waals surface area contributed by atoms with E-state index in [1.165, 1.54) is 0 Å². The summed E-state index contributed by atoms with van der Waals surface area (Å²) in [6, 6.07) is 14.6. The van der Waals surface area contributed by atoms with Crippen LogP contribution in [0.4, 0.5) is 0 Å². The molecule has 0 radical (unpaired) electrons. The van der Waals surface area contributed by atoms with Crippen molar-refractivity contribution >= 4 is 34.3 Å². The van der Waals surface area contributed by atoms with Gasteiger partial charge in [0.25, 0.3) is 0 Å². The molecule has 0 unspecified atom stereocenters. The largest absolute Gasteiger partial charge is 0.389 e. The van der Waals surface area contributed by atoms with Gasteiger partial charge in [-0.1, -0.05) is 41.9 Å². The van der Waals surface area contributed by atoms with Crippen molar-refractivity contribution in [2.45, 2.75) is 25.0 Å². The molecule has 2 aromatic carbocycles. The van der Waals surface area contributed by atoms with Gasteiger partial charge in [-0.05, 0) is 35.7 Å². The van der Waals surface area contributed by atoms with Crippen molar-refractivity contribution in [1.82, 2.24) is 15.6 Å². The van der Waals surface area contributed by atoms with Gasteiger partial charge < -0.3 is 20.7 Å². The Balaban J connectivity index is 1.59. The van der Waals surface area contributed by atoms with E-state index in [1.54, 1.807) is 0 Å². The van der Waals surface area contributed by atoms with Gasteiger partial charge in [0.05, 0.1) is 0 Å². The number of amides is 2. The van der Waals surface area contributed by atoms with Crippen LogP contribution in [0.15, 0.2) is 48.5 Å². The Morgan fingerprint density at radius 1 is 1.21 bits per heavy atom. The number of carbonyl (C=O) groups excluding carboxylic acids is 2. The third-order valence-corrected chi connectivity index (χ3v) is 5.24. The number of aliphatic hydroxyl groups is 1. The fraction of sp³-hybridized carbons (Fsp3) is 0.238. The van der Waals surface area contributed by atoms with E-state index in [4.69, 9.17) is 11.6 Å². The topological polar surface area (TPSA) is 94.2 Å². The molecule has 144 valence electrons. The van der Waals surface area contributed by atoms with E-state index in [9.17, 15) is 14.7 Å². The second-order valence-electron chi connectivity index (χ2n) is 6.89. The zero-order valence-corrected chi connectivity index (χ0v) is 15.8. The highest BCUT2D eigenvalue weighted by molar-refractivity contribution is 6.31. The van der Waals surface area contributed by atoms with Crippen LogP contribution in [-0.2, 0) is 16.0 Å². The standard InChI is InChI=1S/C21H20ClN3O3/c22-13-6-8-16-15(10-13)14(19(24-16)12-4-2-1-3-5-12)7-9-18(27)25-20-17(26)11-23-21(20)28/h1-6,8,10,17,20,24,26H,7,9,11H2,(H,23,28)(H,25,27)/t17-,20+/m1/s1. The predicted octanol–water partition coefficient (Wildman–Crippen LogP) is 2.40. The van der Waals surface area contributed by atoms with Gasteiger partial charge in [-0.3, -0.25) is 9.59 Å². The first-order chi connectivity index (χ1) is 13.5. The average Bonchev–Trinajstić information content (AvgIpc) is 3.21. The van der Waals surface area contributed by atoms with Crippen LogP contribution in [0.25, 0.3) is 22.2 Å². The lowest BCUT2D eigenvalue weighted by Crippen LogP contribution is -2.45. The molecule has 2 atom stereocenters. The highest BCUT2D eigenvalue weighted by Crippen LogP contribution is 2.32. The number of aromatic amines is 1. The van der Waals surface area contributed by atoms with Crippen LogP contribution in [0.5, 0.6) is 0 Å². The van der Waals surface area contributed by atoms with Crippen LogP contribution in [-0.4, -0.2) is 40.6 Å². The summed E-state index contributed by atoms with van der Waals surface area (Å²) in [5.74, 6) is -0.638. The summed E-state index contributed by atoms with van der Waals surface area (Å²) in [6.45, 7) is 0.156. The molecule has 3 aromatic rings. The molecule has 4 N–H and O–H groups in total. The SMILES string of the molecule is O=C(CCc1c(-c2ccccc2)[nH]c2ccc(Cl)cc12)N[C@@H]1C(=O)NC[C@H]1O. The van der Waals surface area contributed by atoms with Crippen LogP contribution in [0.3, 0.4) is 0 Å². The Hall–Kier alpha value is -2.83. The lowest BCUT2D eigenvalue weighted by Gasteiger charge is -2.13. The molecule has 1 fully saturated rings. The van der Waals surface area contributed by atoms with Gasteiger partial charge in [0.2, 0.25) is 11.8 Å². The Bertz CT molecular complexity index is 1030. The number of nitrogens with one attached hydrogen (secondary N) is 3. The molecule has 28 heavy (non-hydrogen) atoms. The number of halogens is 1. The molecule has 6 nitrogen and oxygen atoms in total. The van der Waals surface area contributed by atoms with Gasteiger partial charge in [0.15, 0.2) is 0 Å². The van der Waals surface area contributed by atoms with Crippen LogP contribution in [0.2, 0.25) is 5.02 Å². The smallest absolute Gasteiger partial charge is 0.245 e. The molecule has 7 heteroatoms. The van der Waals surface area contributed by atoms with Gasteiger partial charge in [0.1, 0.15) is 12.1 Å². The minimum atomic E-state index is -0.900. The van der Waals surface area contributed by atoms with Crippen molar-refractivity contribution in [3.8, 4) is 11.3 Å². The second kappa shape index (κ2) is 7.66. The zero-order valence-electron chi connectivity index (χ0n) is 15.0. The van der Waals surface area contributed by atoms with Crippen LogP contribution >= 0.6 is 11.6 Å². The Labute approximate surface area is 166 Å². The summed E-state index contributed by atoms with van der Waals surface area (Å²) in [5.41, 5.74) is 3.92.